The zero-order chi connectivity index (χ0) is 11.7. The van der Waals surface area contributed by atoms with Gasteiger partial charge in [0.25, 0.3) is 0 Å². The zero-order valence-electron chi connectivity index (χ0n) is 9.92. The number of carbonyl (C=O) groups is 1. The van der Waals surface area contributed by atoms with E-state index < -0.39 is 13.8 Å². The van der Waals surface area contributed by atoms with Crippen LogP contribution in [0.3, 0.4) is 0 Å². The molecule has 0 N–H and O–H groups in total. The molecule has 0 bridgehead atoms. The minimum absolute atomic E-state index is 0. The summed E-state index contributed by atoms with van der Waals surface area (Å²) in [6, 6.07) is 0. The molecule has 0 rings (SSSR count). The minimum Gasteiger partial charge on any atom is -0.790 e. The molecule has 10 heteroatoms. The van der Waals surface area contributed by atoms with Crippen molar-refractivity contribution in [2.45, 2.75) is 0 Å². The number of hydrogen-bond donors (Lipinski definition) is 0. The summed E-state index contributed by atoms with van der Waals surface area (Å²) in [4.78, 5) is 30.4. The van der Waals surface area contributed by atoms with Crippen molar-refractivity contribution in [3.8, 4) is 0 Å². The number of hydrogen-bond acceptors (Lipinski definition) is 7. The molecule has 88 valence electrons. The first-order valence-electron chi connectivity index (χ1n) is 3.99. The Morgan fingerprint density at radius 3 is 2.18 bits per heavy atom. The van der Waals surface area contributed by atoms with Crippen LogP contribution in [0.15, 0.2) is 12.7 Å². The molecule has 0 aromatic carbocycles. The van der Waals surface area contributed by atoms with Gasteiger partial charge in [0.2, 0.25) is 0 Å². The molecule has 0 heterocycles. The van der Waals surface area contributed by atoms with Crippen LogP contribution in [0.1, 0.15) is 0 Å². The van der Waals surface area contributed by atoms with Crippen molar-refractivity contribution in [2.75, 3.05) is 26.4 Å². The molecule has 0 saturated carbocycles. The average Bonchev–Trinajstić information content (AvgIpc) is 2.14. The number of phosphoric ester groups is 1. The molecule has 0 aliphatic carbocycles. The normalized spacial score (nSPS) is 9.76. The van der Waals surface area contributed by atoms with E-state index in [9.17, 15) is 19.1 Å². The Bertz CT molecular complexity index is 255. The third-order valence-corrected chi connectivity index (χ3v) is 1.61. The number of carbonyl (C=O) groups excluding carboxylic acids is 1. The zero-order valence-corrected chi connectivity index (χ0v) is 14.8. The molecule has 0 radical (unpaired) electrons. The van der Waals surface area contributed by atoms with Crippen molar-refractivity contribution >= 4 is 13.8 Å². The fourth-order valence-corrected chi connectivity index (χ4v) is 0.868. The summed E-state index contributed by atoms with van der Waals surface area (Å²) < 4.78 is 23.2. The fourth-order valence-electron chi connectivity index (χ4n) is 0.570. The van der Waals surface area contributed by atoms with Gasteiger partial charge in [-0.25, -0.2) is 4.79 Å². The number of esters is 1. The topological polar surface area (TPSA) is 108 Å². The Labute approximate surface area is 144 Å². The van der Waals surface area contributed by atoms with Crippen molar-refractivity contribution in [3.05, 3.63) is 12.7 Å². The van der Waals surface area contributed by atoms with Crippen LogP contribution in [-0.4, -0.2) is 32.4 Å². The van der Waals surface area contributed by atoms with Gasteiger partial charge in [0.05, 0.1) is 27.6 Å². The van der Waals surface area contributed by atoms with Gasteiger partial charge in [0.1, 0.15) is 6.61 Å². The molecule has 0 amide bonds. The fraction of sp³-hybridized carbons (Fsp3) is 0.571. The van der Waals surface area contributed by atoms with Crippen LogP contribution in [0.25, 0.3) is 0 Å². The maximum atomic E-state index is 10.5. The Balaban J connectivity index is -0.000000980. The molecule has 0 aliphatic heterocycles. The number of rotatable bonds is 8. The van der Waals surface area contributed by atoms with Crippen molar-refractivity contribution in [1.29, 1.82) is 0 Å². The standard InChI is InChI=1S/C7H13O7P.2Na/c1-2-7(8)13-5-3-12-4-6-14-15(9,10)11;;/h2H,1,3-6H2,(H2,9,10,11);;/q;2*+1/p-2. The first kappa shape index (κ1) is 23.4. The summed E-state index contributed by atoms with van der Waals surface area (Å²) in [6.07, 6.45) is 1.01. The summed E-state index contributed by atoms with van der Waals surface area (Å²) >= 11 is 0. The van der Waals surface area contributed by atoms with Gasteiger partial charge < -0.3 is 28.3 Å². The van der Waals surface area contributed by atoms with E-state index in [0.717, 1.165) is 6.08 Å². The first-order valence-corrected chi connectivity index (χ1v) is 5.45. The summed E-state index contributed by atoms with van der Waals surface area (Å²) in [5.41, 5.74) is 0. The molecule has 0 spiro atoms. The third kappa shape index (κ3) is 19.8. The van der Waals surface area contributed by atoms with E-state index in [2.05, 4.69) is 15.8 Å². The molecule has 7 nitrogen and oxygen atoms in total. The van der Waals surface area contributed by atoms with E-state index in [1.807, 2.05) is 0 Å². The van der Waals surface area contributed by atoms with Gasteiger partial charge in [-0.3, -0.25) is 0 Å². The van der Waals surface area contributed by atoms with Crippen LogP contribution in [0, 0.1) is 0 Å². The molecule has 0 atom stereocenters. The van der Waals surface area contributed by atoms with E-state index in [1.165, 1.54) is 0 Å². The maximum Gasteiger partial charge on any atom is 1.00 e. The van der Waals surface area contributed by atoms with Gasteiger partial charge in [-0.2, -0.15) is 0 Å². The Hall–Kier alpha value is 1.28. The Morgan fingerprint density at radius 2 is 1.71 bits per heavy atom. The van der Waals surface area contributed by atoms with E-state index in [1.54, 1.807) is 0 Å². The Morgan fingerprint density at radius 1 is 1.18 bits per heavy atom. The molecular formula is C7H11Na2O7P. The van der Waals surface area contributed by atoms with Crippen molar-refractivity contribution in [1.82, 2.24) is 0 Å². The predicted octanol–water partition coefficient (Wildman–Crippen LogP) is -7.41. The van der Waals surface area contributed by atoms with Crippen LogP contribution >= 0.6 is 7.82 Å². The van der Waals surface area contributed by atoms with Gasteiger partial charge in [-0.05, 0) is 0 Å². The molecule has 0 aromatic rings. The summed E-state index contributed by atoms with van der Waals surface area (Å²) in [5, 5.41) is 0. The largest absolute Gasteiger partial charge is 1.00 e. The maximum absolute atomic E-state index is 10.5. The van der Waals surface area contributed by atoms with Gasteiger partial charge in [-0.15, -0.1) is 0 Å². The molecule has 0 saturated heterocycles. The molecule has 0 aliphatic rings. The smallest absolute Gasteiger partial charge is 0.790 e. The summed E-state index contributed by atoms with van der Waals surface area (Å²) in [6.45, 7) is 2.88. The molecule has 0 aromatic heterocycles. The SMILES string of the molecule is C=CC(=O)OCCOCCOP(=O)([O-])[O-].[Na+].[Na+]. The third-order valence-electron chi connectivity index (χ3n) is 1.12. The van der Waals surface area contributed by atoms with Crippen LogP contribution in [0.2, 0.25) is 0 Å². The van der Waals surface area contributed by atoms with Gasteiger partial charge >= 0.3 is 65.1 Å². The predicted molar refractivity (Wildman–Crippen MR) is 45.5 cm³/mol. The monoisotopic (exact) mass is 284 g/mol. The van der Waals surface area contributed by atoms with Crippen LogP contribution in [0.4, 0.5) is 0 Å². The average molecular weight is 284 g/mol. The molecule has 0 fully saturated rings. The summed E-state index contributed by atoms with van der Waals surface area (Å²) in [7, 11) is -4.92. The Kier molecular flexibility index (Phi) is 18.8. The minimum atomic E-state index is -4.92. The van der Waals surface area contributed by atoms with Crippen molar-refractivity contribution in [2.24, 2.45) is 0 Å². The molecular weight excluding hydrogens is 273 g/mol. The van der Waals surface area contributed by atoms with Crippen LogP contribution in [-0.2, 0) is 23.4 Å². The van der Waals surface area contributed by atoms with Crippen molar-refractivity contribution < 1.29 is 92.3 Å². The number of ether oxygens (including phenoxy) is 2. The second-order valence-corrected chi connectivity index (χ2v) is 3.42. The van der Waals surface area contributed by atoms with Gasteiger partial charge in [0.15, 0.2) is 0 Å². The number of phosphoric acid groups is 1. The van der Waals surface area contributed by atoms with E-state index in [4.69, 9.17) is 4.74 Å². The van der Waals surface area contributed by atoms with Crippen molar-refractivity contribution in [3.63, 3.8) is 0 Å². The molecule has 17 heavy (non-hydrogen) atoms. The van der Waals surface area contributed by atoms with Crippen LogP contribution < -0.4 is 68.9 Å². The van der Waals surface area contributed by atoms with E-state index in [0.29, 0.717) is 0 Å². The second-order valence-electron chi connectivity index (χ2n) is 2.26. The van der Waals surface area contributed by atoms with E-state index in [-0.39, 0.29) is 85.5 Å². The van der Waals surface area contributed by atoms with Gasteiger partial charge in [0, 0.05) is 6.08 Å². The van der Waals surface area contributed by atoms with E-state index >= 15 is 0 Å². The molecule has 0 unspecified atom stereocenters. The van der Waals surface area contributed by atoms with Gasteiger partial charge in [-0.1, -0.05) is 6.58 Å². The summed E-state index contributed by atoms with van der Waals surface area (Å²) in [5.74, 6) is -0.571. The second kappa shape index (κ2) is 13.7. The quantitative estimate of drug-likeness (QED) is 0.143. The van der Waals surface area contributed by atoms with Crippen LogP contribution in [0.5, 0.6) is 0 Å². The first-order chi connectivity index (χ1) is 6.95.